The molecule has 8 nitrogen and oxygen atoms in total. The van der Waals surface area contributed by atoms with Crippen LogP contribution in [-0.2, 0) is 14.8 Å². The maximum Gasteiger partial charge on any atom is 0.271 e. The van der Waals surface area contributed by atoms with E-state index in [0.717, 1.165) is 9.71 Å². The standard InChI is InChI=1S/C18H19N3O5S/c1-14-8-9-16(21(23)24)12-17(14)19-18(22)13-20(2)27(25,26)11-10-15-6-4-3-5-7-15/h3-12H,13H2,1-2H3,(H,19,22)/b11-10+. The van der Waals surface area contributed by atoms with E-state index in [1.54, 1.807) is 31.2 Å². The molecule has 0 atom stereocenters. The van der Waals surface area contributed by atoms with Crippen LogP contribution in [0.2, 0.25) is 0 Å². The van der Waals surface area contributed by atoms with Crippen LogP contribution in [0.15, 0.2) is 53.9 Å². The van der Waals surface area contributed by atoms with Crippen molar-refractivity contribution in [3.8, 4) is 0 Å². The van der Waals surface area contributed by atoms with Crippen LogP contribution in [0.3, 0.4) is 0 Å². The molecule has 0 radical (unpaired) electrons. The maximum absolute atomic E-state index is 12.3. The van der Waals surface area contributed by atoms with Crippen molar-refractivity contribution >= 4 is 33.4 Å². The average Bonchev–Trinajstić information content (AvgIpc) is 2.62. The molecule has 0 aliphatic rings. The van der Waals surface area contributed by atoms with E-state index >= 15 is 0 Å². The molecule has 27 heavy (non-hydrogen) atoms. The van der Waals surface area contributed by atoms with Crippen molar-refractivity contribution in [2.45, 2.75) is 6.92 Å². The number of likely N-dealkylation sites (N-methyl/N-ethyl adjacent to an activating group) is 1. The SMILES string of the molecule is Cc1ccc([N+](=O)[O-])cc1NC(=O)CN(C)S(=O)(=O)/C=C/c1ccccc1. The molecule has 0 saturated heterocycles. The summed E-state index contributed by atoms with van der Waals surface area (Å²) in [5.74, 6) is -0.599. The summed E-state index contributed by atoms with van der Waals surface area (Å²) in [6, 6.07) is 13.0. The molecule has 0 unspecified atom stereocenters. The fourth-order valence-corrected chi connectivity index (χ4v) is 3.01. The number of non-ortho nitro benzene ring substituents is 1. The molecule has 0 bridgehead atoms. The van der Waals surface area contributed by atoms with Gasteiger partial charge in [0.25, 0.3) is 5.69 Å². The van der Waals surface area contributed by atoms with Crippen molar-refractivity contribution in [2.24, 2.45) is 0 Å². The van der Waals surface area contributed by atoms with Gasteiger partial charge in [0.1, 0.15) is 0 Å². The molecule has 0 aromatic heterocycles. The topological polar surface area (TPSA) is 110 Å². The van der Waals surface area contributed by atoms with Crippen LogP contribution in [0, 0.1) is 17.0 Å². The molecular formula is C18H19N3O5S. The average molecular weight is 389 g/mol. The number of rotatable bonds is 7. The fraction of sp³-hybridized carbons (Fsp3) is 0.167. The van der Waals surface area contributed by atoms with Crippen LogP contribution in [0.1, 0.15) is 11.1 Å². The van der Waals surface area contributed by atoms with Crippen LogP contribution in [0.4, 0.5) is 11.4 Å². The van der Waals surface area contributed by atoms with Crippen molar-refractivity contribution in [1.82, 2.24) is 4.31 Å². The van der Waals surface area contributed by atoms with Gasteiger partial charge in [-0.1, -0.05) is 36.4 Å². The first kappa shape index (κ1) is 20.3. The predicted octanol–water partition coefficient (Wildman–Crippen LogP) is 2.77. The first-order valence-electron chi connectivity index (χ1n) is 7.93. The second-order valence-corrected chi connectivity index (χ2v) is 7.74. The van der Waals surface area contributed by atoms with Crippen molar-refractivity contribution in [3.63, 3.8) is 0 Å². The minimum absolute atomic E-state index is 0.164. The Balaban J connectivity index is 2.05. The monoisotopic (exact) mass is 389 g/mol. The molecular weight excluding hydrogens is 370 g/mol. The van der Waals surface area contributed by atoms with Gasteiger partial charge >= 0.3 is 0 Å². The zero-order chi connectivity index (χ0) is 20.0. The number of aryl methyl sites for hydroxylation is 1. The van der Waals surface area contributed by atoms with E-state index in [1.807, 2.05) is 6.07 Å². The maximum atomic E-state index is 12.3. The lowest BCUT2D eigenvalue weighted by atomic mass is 10.2. The Labute approximate surface area is 157 Å². The second-order valence-electron chi connectivity index (χ2n) is 5.82. The minimum atomic E-state index is -3.79. The summed E-state index contributed by atoms with van der Waals surface area (Å²) in [6.07, 6.45) is 1.44. The number of sulfonamides is 1. The number of amides is 1. The highest BCUT2D eigenvalue weighted by atomic mass is 32.2. The van der Waals surface area contributed by atoms with Gasteiger partial charge in [0, 0.05) is 24.6 Å². The number of carbonyl (C=O) groups excluding carboxylic acids is 1. The molecule has 0 heterocycles. The molecule has 2 rings (SSSR count). The molecule has 0 aliphatic heterocycles. The number of benzene rings is 2. The van der Waals surface area contributed by atoms with Gasteiger partial charge in [-0.3, -0.25) is 14.9 Å². The lowest BCUT2D eigenvalue weighted by Gasteiger charge is -2.15. The third-order valence-electron chi connectivity index (χ3n) is 3.74. The Kier molecular flexibility index (Phi) is 6.43. The molecule has 2 aromatic carbocycles. The summed E-state index contributed by atoms with van der Waals surface area (Å²) in [4.78, 5) is 22.4. The number of nitrogens with one attached hydrogen (secondary N) is 1. The van der Waals surface area contributed by atoms with E-state index in [9.17, 15) is 23.3 Å². The summed E-state index contributed by atoms with van der Waals surface area (Å²) < 4.78 is 25.4. The first-order valence-corrected chi connectivity index (χ1v) is 9.44. The zero-order valence-electron chi connectivity index (χ0n) is 14.8. The molecule has 1 amide bonds. The van der Waals surface area contributed by atoms with Gasteiger partial charge in [-0.05, 0) is 24.1 Å². The molecule has 0 saturated carbocycles. The Morgan fingerprint density at radius 1 is 1.22 bits per heavy atom. The van der Waals surface area contributed by atoms with Gasteiger partial charge < -0.3 is 5.32 Å². The number of carbonyl (C=O) groups is 1. The van der Waals surface area contributed by atoms with E-state index < -0.39 is 27.4 Å². The Hall–Kier alpha value is -3.04. The third kappa shape index (κ3) is 5.73. The summed E-state index contributed by atoms with van der Waals surface area (Å²) in [5, 5.41) is 14.4. The molecule has 0 spiro atoms. The number of nitro benzene ring substituents is 1. The van der Waals surface area contributed by atoms with Crippen molar-refractivity contribution < 1.29 is 18.1 Å². The van der Waals surface area contributed by atoms with Crippen LogP contribution < -0.4 is 5.32 Å². The van der Waals surface area contributed by atoms with Crippen LogP contribution in [0.5, 0.6) is 0 Å². The molecule has 2 aromatic rings. The van der Waals surface area contributed by atoms with E-state index in [1.165, 1.54) is 31.3 Å². The van der Waals surface area contributed by atoms with Crippen LogP contribution >= 0.6 is 0 Å². The summed E-state index contributed by atoms with van der Waals surface area (Å²) in [7, 11) is -2.51. The van der Waals surface area contributed by atoms with Crippen LogP contribution in [0.25, 0.3) is 6.08 Å². The van der Waals surface area contributed by atoms with E-state index in [2.05, 4.69) is 5.32 Å². The Morgan fingerprint density at radius 2 is 1.89 bits per heavy atom. The lowest BCUT2D eigenvalue weighted by Crippen LogP contribution is -2.33. The Bertz CT molecular complexity index is 972. The number of hydrogen-bond donors (Lipinski definition) is 1. The van der Waals surface area contributed by atoms with Gasteiger partial charge in [0.05, 0.1) is 17.2 Å². The van der Waals surface area contributed by atoms with Gasteiger partial charge in [-0.15, -0.1) is 0 Å². The number of nitro groups is 1. The van der Waals surface area contributed by atoms with Gasteiger partial charge in [-0.25, -0.2) is 8.42 Å². The highest BCUT2D eigenvalue weighted by Gasteiger charge is 2.19. The van der Waals surface area contributed by atoms with Gasteiger partial charge in [0.2, 0.25) is 15.9 Å². The summed E-state index contributed by atoms with van der Waals surface area (Å²) in [5.41, 5.74) is 1.44. The largest absolute Gasteiger partial charge is 0.324 e. The molecule has 142 valence electrons. The second kappa shape index (κ2) is 8.56. The lowest BCUT2D eigenvalue weighted by molar-refractivity contribution is -0.384. The predicted molar refractivity (Wildman–Crippen MR) is 103 cm³/mol. The first-order chi connectivity index (χ1) is 12.7. The number of hydrogen-bond acceptors (Lipinski definition) is 5. The minimum Gasteiger partial charge on any atom is -0.324 e. The highest BCUT2D eigenvalue weighted by Crippen LogP contribution is 2.21. The highest BCUT2D eigenvalue weighted by molar-refractivity contribution is 7.92. The van der Waals surface area contributed by atoms with E-state index in [-0.39, 0.29) is 11.4 Å². The van der Waals surface area contributed by atoms with Gasteiger partial charge in [0.15, 0.2) is 0 Å². The van der Waals surface area contributed by atoms with Crippen LogP contribution in [-0.4, -0.2) is 37.1 Å². The smallest absolute Gasteiger partial charge is 0.271 e. The molecule has 1 N–H and O–H groups in total. The summed E-state index contributed by atoms with van der Waals surface area (Å²) >= 11 is 0. The van der Waals surface area contributed by atoms with Crippen molar-refractivity contribution in [3.05, 3.63) is 75.2 Å². The van der Waals surface area contributed by atoms with Crippen molar-refractivity contribution in [2.75, 3.05) is 18.9 Å². The fourth-order valence-electron chi connectivity index (χ4n) is 2.17. The molecule has 9 heteroatoms. The van der Waals surface area contributed by atoms with E-state index in [0.29, 0.717) is 11.1 Å². The number of anilines is 1. The Morgan fingerprint density at radius 3 is 2.52 bits per heavy atom. The van der Waals surface area contributed by atoms with Gasteiger partial charge in [-0.2, -0.15) is 4.31 Å². The normalized spacial score (nSPS) is 11.7. The molecule has 0 fully saturated rings. The van der Waals surface area contributed by atoms with E-state index in [4.69, 9.17) is 0 Å². The number of nitrogens with zero attached hydrogens (tertiary/aromatic N) is 2. The zero-order valence-corrected chi connectivity index (χ0v) is 15.6. The van der Waals surface area contributed by atoms with Crippen molar-refractivity contribution in [1.29, 1.82) is 0 Å². The summed E-state index contributed by atoms with van der Waals surface area (Å²) in [6.45, 7) is 1.26. The third-order valence-corrected chi connectivity index (χ3v) is 5.22. The molecule has 0 aliphatic carbocycles. The quantitative estimate of drug-likeness (QED) is 0.578.